The van der Waals surface area contributed by atoms with E-state index in [2.05, 4.69) is 5.32 Å². The molecule has 1 fully saturated rings. The van der Waals surface area contributed by atoms with E-state index in [1.54, 1.807) is 0 Å². The fourth-order valence-corrected chi connectivity index (χ4v) is 1.07. The molecular formula is C6H10N2O4. The van der Waals surface area contributed by atoms with Crippen LogP contribution in [0.4, 0.5) is 0 Å². The molecule has 1 amide bonds. The molecule has 1 saturated heterocycles. The lowest BCUT2D eigenvalue weighted by molar-refractivity contribution is -0.152. The quantitative estimate of drug-likeness (QED) is 0.445. The maximum absolute atomic E-state index is 10.7. The summed E-state index contributed by atoms with van der Waals surface area (Å²) in [6.45, 7) is 0.720. The maximum atomic E-state index is 10.7. The summed E-state index contributed by atoms with van der Waals surface area (Å²) in [5.74, 6) is -1.88. The van der Waals surface area contributed by atoms with Crippen LogP contribution in [0.25, 0.3) is 0 Å². The average molecular weight is 174 g/mol. The monoisotopic (exact) mass is 174 g/mol. The number of hydrogen-bond acceptors (Lipinski definition) is 4. The first-order chi connectivity index (χ1) is 5.63. The molecule has 0 aromatic rings. The van der Waals surface area contributed by atoms with Gasteiger partial charge in [-0.1, -0.05) is 0 Å². The van der Waals surface area contributed by atoms with E-state index >= 15 is 0 Å². The summed E-state index contributed by atoms with van der Waals surface area (Å²) < 4.78 is 4.90. The number of amides is 1. The lowest BCUT2D eigenvalue weighted by atomic mass is 10.1. The highest BCUT2D eigenvalue weighted by Crippen LogP contribution is 2.04. The Hall–Kier alpha value is -1.14. The predicted octanol–water partition coefficient (Wildman–Crippen LogP) is -2.09. The zero-order valence-electron chi connectivity index (χ0n) is 6.32. The second-order valence-electron chi connectivity index (χ2n) is 2.46. The van der Waals surface area contributed by atoms with Crippen molar-refractivity contribution < 1.29 is 19.4 Å². The smallest absolute Gasteiger partial charge is 0.323 e. The summed E-state index contributed by atoms with van der Waals surface area (Å²) in [4.78, 5) is 21.2. The summed E-state index contributed by atoms with van der Waals surface area (Å²) in [5, 5.41) is 11.2. The number of aliphatic carboxylic acids is 1. The number of carbonyl (C=O) groups excluding carboxylic acids is 1. The molecule has 12 heavy (non-hydrogen) atoms. The van der Waals surface area contributed by atoms with E-state index in [9.17, 15) is 9.59 Å². The lowest BCUT2D eigenvalue weighted by Gasteiger charge is -2.27. The van der Waals surface area contributed by atoms with E-state index in [1.165, 1.54) is 0 Å². The van der Waals surface area contributed by atoms with Crippen molar-refractivity contribution in [1.29, 1.82) is 0 Å². The molecule has 1 aliphatic rings. The second-order valence-corrected chi connectivity index (χ2v) is 2.46. The van der Waals surface area contributed by atoms with Gasteiger partial charge in [0.25, 0.3) is 0 Å². The molecule has 1 rings (SSSR count). The number of carbonyl (C=O) groups is 2. The average Bonchev–Trinajstić information content (AvgIpc) is 2.04. The van der Waals surface area contributed by atoms with Gasteiger partial charge in [-0.2, -0.15) is 0 Å². The Labute approximate surface area is 68.7 Å². The van der Waals surface area contributed by atoms with Crippen LogP contribution in [0.3, 0.4) is 0 Å². The second kappa shape index (κ2) is 3.51. The Bertz CT molecular complexity index is 184. The molecular weight excluding hydrogens is 164 g/mol. The molecule has 6 heteroatoms. The van der Waals surface area contributed by atoms with E-state index in [4.69, 9.17) is 15.6 Å². The highest BCUT2D eigenvalue weighted by molar-refractivity contribution is 5.87. The van der Waals surface area contributed by atoms with E-state index in [0.29, 0.717) is 13.2 Å². The van der Waals surface area contributed by atoms with Gasteiger partial charge < -0.3 is 15.6 Å². The molecule has 1 heterocycles. The van der Waals surface area contributed by atoms with Crippen LogP contribution < -0.4 is 11.1 Å². The number of rotatable bonds is 2. The Morgan fingerprint density at radius 2 is 2.25 bits per heavy atom. The van der Waals surface area contributed by atoms with Gasteiger partial charge in [0.05, 0.1) is 6.61 Å². The van der Waals surface area contributed by atoms with Gasteiger partial charge in [0.1, 0.15) is 6.04 Å². The van der Waals surface area contributed by atoms with Crippen molar-refractivity contribution in [2.75, 3.05) is 13.2 Å². The molecule has 0 bridgehead atoms. The fourth-order valence-electron chi connectivity index (χ4n) is 1.07. The Kier molecular flexibility index (Phi) is 2.61. The van der Waals surface area contributed by atoms with Crippen LogP contribution >= 0.6 is 0 Å². The molecule has 1 aliphatic heterocycles. The summed E-state index contributed by atoms with van der Waals surface area (Å²) in [6, 6.07) is -1.02. The molecule has 4 N–H and O–H groups in total. The lowest BCUT2D eigenvalue weighted by Crippen LogP contribution is -2.57. The molecule has 0 aromatic carbocycles. The van der Waals surface area contributed by atoms with Gasteiger partial charge in [-0.3, -0.25) is 14.9 Å². The largest absolute Gasteiger partial charge is 0.480 e. The predicted molar refractivity (Wildman–Crippen MR) is 38.4 cm³/mol. The van der Waals surface area contributed by atoms with Crippen molar-refractivity contribution >= 4 is 11.9 Å². The normalized spacial score (nSPS) is 29.7. The van der Waals surface area contributed by atoms with Crippen LogP contribution in [-0.4, -0.2) is 42.3 Å². The topological polar surface area (TPSA) is 102 Å². The highest BCUT2D eigenvalue weighted by Gasteiger charge is 2.35. The number of primary amides is 1. The van der Waals surface area contributed by atoms with Gasteiger partial charge in [-0.15, -0.1) is 0 Å². The Morgan fingerprint density at radius 1 is 1.58 bits per heavy atom. The standard InChI is InChI=1S/C6H10N2O4/c7-5(9)4-3(6(10)11)8-1-2-12-4/h3-4,8H,1-2H2,(H2,7,9)(H,10,11). The molecule has 2 unspecified atom stereocenters. The summed E-state index contributed by atoms with van der Waals surface area (Å²) in [5.41, 5.74) is 4.93. The SMILES string of the molecule is NC(=O)C1OCCNC1C(=O)O. The maximum Gasteiger partial charge on any atom is 0.323 e. The highest BCUT2D eigenvalue weighted by atomic mass is 16.5. The number of nitrogens with one attached hydrogen (secondary N) is 1. The third kappa shape index (κ3) is 1.72. The summed E-state index contributed by atoms with van der Waals surface area (Å²) in [6.07, 6.45) is -1.06. The molecule has 0 spiro atoms. The van der Waals surface area contributed by atoms with Gasteiger partial charge in [-0.25, -0.2) is 0 Å². The Balaban J connectivity index is 2.67. The van der Waals surface area contributed by atoms with E-state index in [-0.39, 0.29) is 0 Å². The van der Waals surface area contributed by atoms with Gasteiger partial charge in [0.2, 0.25) is 5.91 Å². The Morgan fingerprint density at radius 3 is 2.67 bits per heavy atom. The minimum Gasteiger partial charge on any atom is -0.480 e. The van der Waals surface area contributed by atoms with Gasteiger partial charge >= 0.3 is 5.97 Å². The van der Waals surface area contributed by atoms with Crippen molar-refractivity contribution in [1.82, 2.24) is 5.32 Å². The number of nitrogens with two attached hydrogens (primary N) is 1. The van der Waals surface area contributed by atoms with Crippen molar-refractivity contribution in [2.24, 2.45) is 5.73 Å². The number of carboxylic acids is 1. The molecule has 0 radical (unpaired) electrons. The van der Waals surface area contributed by atoms with Crippen molar-refractivity contribution in [3.05, 3.63) is 0 Å². The number of ether oxygens (including phenoxy) is 1. The minimum atomic E-state index is -1.13. The molecule has 0 saturated carbocycles. The van der Waals surface area contributed by atoms with Crippen molar-refractivity contribution in [3.63, 3.8) is 0 Å². The van der Waals surface area contributed by atoms with Gasteiger partial charge in [0.15, 0.2) is 6.10 Å². The molecule has 0 aliphatic carbocycles. The molecule has 2 atom stereocenters. The van der Waals surface area contributed by atoms with E-state index in [0.717, 1.165) is 0 Å². The fraction of sp³-hybridized carbons (Fsp3) is 0.667. The third-order valence-electron chi connectivity index (χ3n) is 1.61. The van der Waals surface area contributed by atoms with Gasteiger partial charge in [0, 0.05) is 6.54 Å². The number of carboxylic acid groups (broad SMARTS) is 1. The number of hydrogen-bond donors (Lipinski definition) is 3. The van der Waals surface area contributed by atoms with E-state index in [1.807, 2.05) is 0 Å². The van der Waals surface area contributed by atoms with Gasteiger partial charge in [-0.05, 0) is 0 Å². The van der Waals surface area contributed by atoms with E-state index < -0.39 is 24.0 Å². The number of morpholine rings is 1. The van der Waals surface area contributed by atoms with Crippen molar-refractivity contribution in [3.8, 4) is 0 Å². The summed E-state index contributed by atoms with van der Waals surface area (Å²) >= 11 is 0. The first kappa shape index (κ1) is 8.95. The zero-order chi connectivity index (χ0) is 9.14. The summed E-state index contributed by atoms with van der Waals surface area (Å²) in [7, 11) is 0. The zero-order valence-corrected chi connectivity index (χ0v) is 6.32. The van der Waals surface area contributed by atoms with Crippen LogP contribution in [0.2, 0.25) is 0 Å². The molecule has 0 aromatic heterocycles. The minimum absolute atomic E-state index is 0.303. The first-order valence-electron chi connectivity index (χ1n) is 3.50. The van der Waals surface area contributed by atoms with Crippen molar-refractivity contribution in [2.45, 2.75) is 12.1 Å². The first-order valence-corrected chi connectivity index (χ1v) is 3.50. The molecule has 68 valence electrons. The molecule has 6 nitrogen and oxygen atoms in total. The van der Waals surface area contributed by atoms with Crippen LogP contribution in [-0.2, 0) is 14.3 Å². The van der Waals surface area contributed by atoms with Crippen LogP contribution in [0.1, 0.15) is 0 Å². The third-order valence-corrected chi connectivity index (χ3v) is 1.61. The van der Waals surface area contributed by atoms with Crippen LogP contribution in [0, 0.1) is 0 Å². The van der Waals surface area contributed by atoms with Crippen LogP contribution in [0.15, 0.2) is 0 Å². The van der Waals surface area contributed by atoms with Crippen LogP contribution in [0.5, 0.6) is 0 Å².